The van der Waals surface area contributed by atoms with Gasteiger partial charge in [-0.15, -0.1) is 0 Å². The number of para-hydroxylation sites is 1. The quantitative estimate of drug-likeness (QED) is 0.300. The highest BCUT2D eigenvalue weighted by Crippen LogP contribution is 2.47. The number of piperidine rings is 1. The SMILES string of the molecule is CC(=O)C1CCN(CC(=O)Nc2ccc(-c3cccc4c(=O)cc(N5CCOCC5)oc34)c3c2-c2ccccc2C3)CC1. The van der Waals surface area contributed by atoms with Gasteiger partial charge in [0.1, 0.15) is 11.4 Å². The van der Waals surface area contributed by atoms with Gasteiger partial charge in [-0.3, -0.25) is 19.3 Å². The Morgan fingerprint density at radius 1 is 0.907 bits per heavy atom. The van der Waals surface area contributed by atoms with Crippen molar-refractivity contribution < 1.29 is 18.7 Å². The fourth-order valence-electron chi connectivity index (χ4n) is 6.81. The third-order valence-electron chi connectivity index (χ3n) is 9.13. The number of morpholine rings is 1. The summed E-state index contributed by atoms with van der Waals surface area (Å²) in [5, 5.41) is 3.75. The zero-order valence-electron chi connectivity index (χ0n) is 24.4. The molecule has 4 aromatic rings. The van der Waals surface area contributed by atoms with E-state index in [2.05, 4.69) is 27.2 Å². The number of benzene rings is 3. The van der Waals surface area contributed by atoms with E-state index in [0.717, 1.165) is 59.4 Å². The molecule has 0 unspecified atom stereocenters. The van der Waals surface area contributed by atoms with Crippen LogP contribution < -0.4 is 15.6 Å². The lowest BCUT2D eigenvalue weighted by molar-refractivity contribution is -0.122. The van der Waals surface area contributed by atoms with Crippen LogP contribution in [0.4, 0.5) is 11.6 Å². The number of hydrogen-bond acceptors (Lipinski definition) is 7. The van der Waals surface area contributed by atoms with Gasteiger partial charge in [0.15, 0.2) is 11.3 Å². The summed E-state index contributed by atoms with van der Waals surface area (Å²) >= 11 is 0. The molecule has 220 valence electrons. The largest absolute Gasteiger partial charge is 0.440 e. The lowest BCUT2D eigenvalue weighted by Gasteiger charge is -2.30. The predicted octanol–water partition coefficient (Wildman–Crippen LogP) is 5.11. The average Bonchev–Trinajstić information content (AvgIpc) is 3.42. The van der Waals surface area contributed by atoms with Crippen LogP contribution >= 0.6 is 0 Å². The standard InChI is InChI=1S/C35H35N3O5/c1-22(39)23-11-13-37(14-12-23)21-32(41)36-30-10-9-26(29-19-24-5-2-3-6-25(24)34(29)30)27-7-4-8-28-31(40)20-33(43-35(27)28)38-15-17-42-18-16-38/h2-10,20,23H,11-19,21H2,1H3,(H,36,41). The number of nitrogens with zero attached hydrogens (tertiary/aromatic N) is 2. The molecule has 1 aromatic heterocycles. The van der Waals surface area contributed by atoms with Gasteiger partial charge in [-0.2, -0.15) is 0 Å². The number of ketones is 1. The van der Waals surface area contributed by atoms with E-state index >= 15 is 0 Å². The van der Waals surface area contributed by atoms with E-state index in [0.29, 0.717) is 56.1 Å². The van der Waals surface area contributed by atoms with Gasteiger partial charge in [0, 0.05) is 41.9 Å². The molecule has 0 saturated carbocycles. The van der Waals surface area contributed by atoms with E-state index in [9.17, 15) is 14.4 Å². The number of amides is 1. The molecule has 3 heterocycles. The average molecular weight is 578 g/mol. The molecular formula is C35H35N3O5. The third-order valence-corrected chi connectivity index (χ3v) is 9.13. The Morgan fingerprint density at radius 2 is 1.67 bits per heavy atom. The molecule has 2 saturated heterocycles. The van der Waals surface area contributed by atoms with Gasteiger partial charge in [-0.1, -0.05) is 42.5 Å². The van der Waals surface area contributed by atoms with E-state index in [4.69, 9.17) is 9.15 Å². The highest BCUT2D eigenvalue weighted by atomic mass is 16.5. The van der Waals surface area contributed by atoms with Gasteiger partial charge in [0.25, 0.3) is 0 Å². The first-order chi connectivity index (χ1) is 21.0. The molecule has 1 aliphatic carbocycles. The first-order valence-electron chi connectivity index (χ1n) is 15.1. The van der Waals surface area contributed by atoms with E-state index in [1.807, 2.05) is 42.5 Å². The van der Waals surface area contributed by atoms with Crippen LogP contribution in [0.15, 0.2) is 69.9 Å². The van der Waals surface area contributed by atoms with Crippen LogP contribution in [-0.4, -0.2) is 62.5 Å². The zero-order chi connectivity index (χ0) is 29.5. The maximum absolute atomic E-state index is 13.3. The second kappa shape index (κ2) is 11.4. The van der Waals surface area contributed by atoms with Crippen molar-refractivity contribution in [2.45, 2.75) is 26.2 Å². The minimum atomic E-state index is -0.0688. The van der Waals surface area contributed by atoms with Crippen molar-refractivity contribution in [3.8, 4) is 22.3 Å². The van der Waals surface area contributed by atoms with Crippen molar-refractivity contribution in [3.05, 3.63) is 82.0 Å². The maximum atomic E-state index is 13.3. The van der Waals surface area contributed by atoms with Crippen LogP contribution in [0, 0.1) is 5.92 Å². The van der Waals surface area contributed by atoms with Gasteiger partial charge < -0.3 is 19.4 Å². The van der Waals surface area contributed by atoms with Gasteiger partial charge >= 0.3 is 0 Å². The van der Waals surface area contributed by atoms with Crippen LogP contribution in [0.1, 0.15) is 30.9 Å². The van der Waals surface area contributed by atoms with Crippen molar-refractivity contribution in [1.82, 2.24) is 4.90 Å². The second-order valence-electron chi connectivity index (χ2n) is 11.8. The first-order valence-corrected chi connectivity index (χ1v) is 15.1. The Hall–Kier alpha value is -4.27. The third kappa shape index (κ3) is 5.26. The number of carbonyl (C=O) groups excluding carboxylic acids is 2. The maximum Gasteiger partial charge on any atom is 0.238 e. The monoisotopic (exact) mass is 577 g/mol. The normalized spacial score (nSPS) is 17.1. The number of Topliss-reactive ketones (excluding diaryl/α,β-unsaturated/α-hetero) is 1. The lowest BCUT2D eigenvalue weighted by Crippen LogP contribution is -2.40. The van der Waals surface area contributed by atoms with Gasteiger partial charge in [0.05, 0.1) is 25.1 Å². The van der Waals surface area contributed by atoms with Crippen LogP contribution in [0.3, 0.4) is 0 Å². The molecule has 0 bridgehead atoms. The number of anilines is 2. The number of rotatable bonds is 6. The summed E-state index contributed by atoms with van der Waals surface area (Å²) in [5.41, 5.74) is 7.55. The molecule has 8 nitrogen and oxygen atoms in total. The highest BCUT2D eigenvalue weighted by molar-refractivity contribution is 6.03. The van der Waals surface area contributed by atoms with Gasteiger partial charge in [-0.05, 0) is 73.7 Å². The Kier molecular flexibility index (Phi) is 7.33. The Morgan fingerprint density at radius 3 is 2.47 bits per heavy atom. The smallest absolute Gasteiger partial charge is 0.238 e. The molecule has 3 aliphatic rings. The second-order valence-corrected chi connectivity index (χ2v) is 11.8. The molecule has 43 heavy (non-hydrogen) atoms. The van der Waals surface area contributed by atoms with Crippen molar-refractivity contribution in [2.24, 2.45) is 5.92 Å². The molecule has 0 spiro atoms. The summed E-state index contributed by atoms with van der Waals surface area (Å²) in [6.45, 7) is 5.98. The molecule has 2 fully saturated rings. The minimum absolute atomic E-state index is 0.0630. The van der Waals surface area contributed by atoms with Crippen molar-refractivity contribution in [1.29, 1.82) is 0 Å². The van der Waals surface area contributed by atoms with Crippen molar-refractivity contribution in [3.63, 3.8) is 0 Å². The number of carbonyl (C=O) groups is 2. The lowest BCUT2D eigenvalue weighted by atomic mass is 9.93. The van der Waals surface area contributed by atoms with E-state index in [-0.39, 0.29) is 23.0 Å². The van der Waals surface area contributed by atoms with Crippen LogP contribution in [0.2, 0.25) is 0 Å². The molecule has 2 aliphatic heterocycles. The molecule has 8 heteroatoms. The van der Waals surface area contributed by atoms with E-state index < -0.39 is 0 Å². The number of nitrogens with one attached hydrogen (secondary N) is 1. The molecule has 7 rings (SSSR count). The summed E-state index contributed by atoms with van der Waals surface area (Å²) in [7, 11) is 0. The van der Waals surface area contributed by atoms with Crippen molar-refractivity contribution in [2.75, 3.05) is 56.2 Å². The number of likely N-dealkylation sites (tertiary alicyclic amines) is 1. The van der Waals surface area contributed by atoms with Gasteiger partial charge in [-0.25, -0.2) is 0 Å². The fourth-order valence-corrected chi connectivity index (χ4v) is 6.81. The molecule has 3 aromatic carbocycles. The summed E-state index contributed by atoms with van der Waals surface area (Å²) in [6, 6.07) is 19.6. The number of ether oxygens (including phenoxy) is 1. The van der Waals surface area contributed by atoms with Crippen LogP contribution in [0.25, 0.3) is 33.2 Å². The van der Waals surface area contributed by atoms with E-state index in [1.165, 1.54) is 5.56 Å². The van der Waals surface area contributed by atoms with Gasteiger partial charge in [0.2, 0.25) is 5.91 Å². The van der Waals surface area contributed by atoms with Crippen LogP contribution in [-0.2, 0) is 20.7 Å². The Balaban J connectivity index is 1.25. The first kappa shape index (κ1) is 27.6. The molecular weight excluding hydrogens is 542 g/mol. The molecule has 1 amide bonds. The summed E-state index contributed by atoms with van der Waals surface area (Å²) < 4.78 is 12.0. The predicted molar refractivity (Wildman–Crippen MR) is 168 cm³/mol. The summed E-state index contributed by atoms with van der Waals surface area (Å²) in [6.07, 6.45) is 2.32. The Bertz CT molecular complexity index is 1780. The Labute approximate surface area is 250 Å². The molecule has 0 radical (unpaired) electrons. The summed E-state index contributed by atoms with van der Waals surface area (Å²) in [5.74, 6) is 0.840. The molecule has 1 N–H and O–H groups in total. The highest BCUT2D eigenvalue weighted by Gasteiger charge is 2.28. The fraction of sp³-hybridized carbons (Fsp3) is 0.343. The topological polar surface area (TPSA) is 92.1 Å². The summed E-state index contributed by atoms with van der Waals surface area (Å²) in [4.78, 5) is 42.5. The minimum Gasteiger partial charge on any atom is -0.440 e. The molecule has 0 atom stereocenters. The van der Waals surface area contributed by atoms with Crippen LogP contribution in [0.5, 0.6) is 0 Å². The van der Waals surface area contributed by atoms with Crippen molar-refractivity contribution >= 4 is 34.2 Å². The number of hydrogen-bond donors (Lipinski definition) is 1. The zero-order valence-corrected chi connectivity index (χ0v) is 24.4. The van der Waals surface area contributed by atoms with E-state index in [1.54, 1.807) is 13.0 Å². The number of fused-ring (bicyclic) bond motifs is 4.